The average molecular weight is 322 g/mol. The standard InChI is InChI=1S/C19H34N2O2/c1-2-7-18(22)20-14-17-10-6-13-21(15-17)19(23)12-11-16-8-4-3-5-9-16/h16-17H,2-15H2,1H3,(H,20,22)/t17-/m1/s1. The van der Waals surface area contributed by atoms with Crippen LogP contribution in [0.2, 0.25) is 0 Å². The number of rotatable bonds is 7. The van der Waals surface area contributed by atoms with Crippen molar-refractivity contribution in [3.05, 3.63) is 0 Å². The van der Waals surface area contributed by atoms with Gasteiger partial charge in [0.2, 0.25) is 11.8 Å². The van der Waals surface area contributed by atoms with Gasteiger partial charge in [0.25, 0.3) is 0 Å². The fourth-order valence-electron chi connectivity index (χ4n) is 3.99. The van der Waals surface area contributed by atoms with E-state index in [2.05, 4.69) is 5.32 Å². The van der Waals surface area contributed by atoms with Crippen molar-refractivity contribution in [1.82, 2.24) is 10.2 Å². The number of hydrogen-bond acceptors (Lipinski definition) is 2. The van der Waals surface area contributed by atoms with Crippen molar-refractivity contribution in [3.8, 4) is 0 Å². The van der Waals surface area contributed by atoms with Crippen LogP contribution in [-0.2, 0) is 9.59 Å². The number of carbonyl (C=O) groups excluding carboxylic acids is 2. The third-order valence-electron chi connectivity index (χ3n) is 5.43. The molecule has 0 unspecified atom stereocenters. The van der Waals surface area contributed by atoms with Gasteiger partial charge in [-0.15, -0.1) is 0 Å². The molecular formula is C19H34N2O2. The van der Waals surface area contributed by atoms with Crippen molar-refractivity contribution in [2.75, 3.05) is 19.6 Å². The predicted molar refractivity (Wildman–Crippen MR) is 93.0 cm³/mol. The van der Waals surface area contributed by atoms with Crippen molar-refractivity contribution in [3.63, 3.8) is 0 Å². The molecule has 0 bridgehead atoms. The first kappa shape index (κ1) is 18.3. The SMILES string of the molecule is CCCC(=O)NC[C@H]1CCCN(C(=O)CCC2CCCCC2)C1. The molecule has 1 aliphatic heterocycles. The summed E-state index contributed by atoms with van der Waals surface area (Å²) in [7, 11) is 0. The molecule has 1 atom stereocenters. The topological polar surface area (TPSA) is 49.4 Å². The lowest BCUT2D eigenvalue weighted by Gasteiger charge is -2.33. The van der Waals surface area contributed by atoms with E-state index < -0.39 is 0 Å². The Balaban J connectivity index is 1.67. The molecule has 0 aromatic rings. The Kier molecular flexibility index (Phi) is 7.90. The quantitative estimate of drug-likeness (QED) is 0.780. The summed E-state index contributed by atoms with van der Waals surface area (Å²) in [5.41, 5.74) is 0. The van der Waals surface area contributed by atoms with E-state index in [4.69, 9.17) is 0 Å². The van der Waals surface area contributed by atoms with Gasteiger partial charge in [0.15, 0.2) is 0 Å². The Morgan fingerprint density at radius 1 is 1.00 bits per heavy atom. The molecule has 4 nitrogen and oxygen atoms in total. The van der Waals surface area contributed by atoms with Gasteiger partial charge in [0, 0.05) is 32.5 Å². The van der Waals surface area contributed by atoms with E-state index in [0.717, 1.165) is 57.7 Å². The number of carbonyl (C=O) groups is 2. The smallest absolute Gasteiger partial charge is 0.222 e. The van der Waals surface area contributed by atoms with Gasteiger partial charge in [0.05, 0.1) is 0 Å². The van der Waals surface area contributed by atoms with E-state index in [0.29, 0.717) is 18.2 Å². The van der Waals surface area contributed by atoms with Crippen LogP contribution in [0.5, 0.6) is 0 Å². The maximum Gasteiger partial charge on any atom is 0.222 e. The second kappa shape index (κ2) is 9.94. The zero-order chi connectivity index (χ0) is 16.5. The molecule has 2 rings (SSSR count). The molecule has 23 heavy (non-hydrogen) atoms. The van der Waals surface area contributed by atoms with Crippen LogP contribution >= 0.6 is 0 Å². The Bertz CT molecular complexity index is 378. The van der Waals surface area contributed by atoms with E-state index >= 15 is 0 Å². The van der Waals surface area contributed by atoms with Crippen LogP contribution in [0.4, 0.5) is 0 Å². The Morgan fingerprint density at radius 2 is 1.74 bits per heavy atom. The lowest BCUT2D eigenvalue weighted by molar-refractivity contribution is -0.133. The Morgan fingerprint density at radius 3 is 2.48 bits per heavy atom. The molecular weight excluding hydrogens is 288 g/mol. The van der Waals surface area contributed by atoms with Crippen LogP contribution in [0.3, 0.4) is 0 Å². The van der Waals surface area contributed by atoms with Crippen LogP contribution in [0.1, 0.15) is 77.6 Å². The first-order valence-electron chi connectivity index (χ1n) is 9.73. The second-order valence-corrected chi connectivity index (χ2v) is 7.44. The molecule has 1 aliphatic carbocycles. The van der Waals surface area contributed by atoms with Crippen molar-refractivity contribution in [1.29, 1.82) is 0 Å². The third kappa shape index (κ3) is 6.52. The fraction of sp³-hybridized carbons (Fsp3) is 0.895. The summed E-state index contributed by atoms with van der Waals surface area (Å²) in [5.74, 6) is 1.69. The van der Waals surface area contributed by atoms with Gasteiger partial charge in [-0.2, -0.15) is 0 Å². The number of nitrogens with one attached hydrogen (secondary N) is 1. The predicted octanol–water partition coefficient (Wildman–Crippen LogP) is 3.50. The average Bonchev–Trinajstić information content (AvgIpc) is 2.59. The number of hydrogen-bond donors (Lipinski definition) is 1. The zero-order valence-electron chi connectivity index (χ0n) is 14.8. The normalized spacial score (nSPS) is 22.8. The molecule has 4 heteroatoms. The molecule has 132 valence electrons. The summed E-state index contributed by atoms with van der Waals surface area (Å²) in [6.07, 6.45) is 12.2. The van der Waals surface area contributed by atoms with E-state index in [1.807, 2.05) is 11.8 Å². The second-order valence-electron chi connectivity index (χ2n) is 7.44. The minimum absolute atomic E-state index is 0.147. The first-order valence-corrected chi connectivity index (χ1v) is 9.73. The highest BCUT2D eigenvalue weighted by Crippen LogP contribution is 2.28. The van der Waals surface area contributed by atoms with E-state index in [1.165, 1.54) is 32.1 Å². The van der Waals surface area contributed by atoms with Crippen molar-refractivity contribution in [2.24, 2.45) is 11.8 Å². The molecule has 2 aliphatic rings. The highest BCUT2D eigenvalue weighted by molar-refractivity contribution is 5.76. The van der Waals surface area contributed by atoms with E-state index in [-0.39, 0.29) is 5.91 Å². The lowest BCUT2D eigenvalue weighted by atomic mass is 9.86. The van der Waals surface area contributed by atoms with Crippen molar-refractivity contribution < 1.29 is 9.59 Å². The summed E-state index contributed by atoms with van der Waals surface area (Å²) >= 11 is 0. The van der Waals surface area contributed by atoms with E-state index in [9.17, 15) is 9.59 Å². The largest absolute Gasteiger partial charge is 0.356 e. The third-order valence-corrected chi connectivity index (χ3v) is 5.43. The molecule has 1 heterocycles. The molecule has 0 radical (unpaired) electrons. The van der Waals surface area contributed by atoms with Crippen LogP contribution < -0.4 is 5.32 Å². The van der Waals surface area contributed by atoms with Gasteiger partial charge in [0.1, 0.15) is 0 Å². The number of likely N-dealkylation sites (tertiary alicyclic amines) is 1. The summed E-state index contributed by atoms with van der Waals surface area (Å²) in [5, 5.41) is 3.02. The van der Waals surface area contributed by atoms with Gasteiger partial charge in [-0.1, -0.05) is 39.0 Å². The van der Waals surface area contributed by atoms with Gasteiger partial charge >= 0.3 is 0 Å². The molecule has 0 aromatic carbocycles. The van der Waals surface area contributed by atoms with E-state index in [1.54, 1.807) is 0 Å². The number of nitrogens with zero attached hydrogens (tertiary/aromatic N) is 1. The summed E-state index contributed by atoms with van der Waals surface area (Å²) in [6, 6.07) is 0. The van der Waals surface area contributed by atoms with Gasteiger partial charge in [-0.05, 0) is 37.5 Å². The molecule has 1 saturated heterocycles. The molecule has 0 spiro atoms. The molecule has 2 fully saturated rings. The van der Waals surface area contributed by atoms with Crippen molar-refractivity contribution >= 4 is 11.8 Å². The number of piperidine rings is 1. The zero-order valence-corrected chi connectivity index (χ0v) is 14.8. The Labute approximate surface area is 141 Å². The van der Waals surface area contributed by atoms with Crippen LogP contribution in [-0.4, -0.2) is 36.3 Å². The van der Waals surface area contributed by atoms with Crippen molar-refractivity contribution in [2.45, 2.75) is 77.6 Å². The van der Waals surface area contributed by atoms with Crippen LogP contribution in [0, 0.1) is 11.8 Å². The minimum atomic E-state index is 0.147. The van der Waals surface area contributed by atoms with Gasteiger partial charge < -0.3 is 10.2 Å². The van der Waals surface area contributed by atoms with Crippen LogP contribution in [0.15, 0.2) is 0 Å². The Hall–Kier alpha value is -1.06. The van der Waals surface area contributed by atoms with Gasteiger partial charge in [-0.3, -0.25) is 9.59 Å². The monoisotopic (exact) mass is 322 g/mol. The summed E-state index contributed by atoms with van der Waals surface area (Å²) in [4.78, 5) is 26.1. The highest BCUT2D eigenvalue weighted by atomic mass is 16.2. The fourth-order valence-corrected chi connectivity index (χ4v) is 3.99. The first-order chi connectivity index (χ1) is 11.2. The lowest BCUT2D eigenvalue weighted by Crippen LogP contribution is -2.43. The number of amides is 2. The molecule has 0 aromatic heterocycles. The molecule has 2 amide bonds. The summed E-state index contributed by atoms with van der Waals surface area (Å²) in [6.45, 7) is 4.48. The van der Waals surface area contributed by atoms with Gasteiger partial charge in [-0.25, -0.2) is 0 Å². The highest BCUT2D eigenvalue weighted by Gasteiger charge is 2.24. The molecule has 1 N–H and O–H groups in total. The maximum absolute atomic E-state index is 12.5. The minimum Gasteiger partial charge on any atom is -0.356 e. The summed E-state index contributed by atoms with van der Waals surface area (Å²) < 4.78 is 0. The maximum atomic E-state index is 12.5. The van der Waals surface area contributed by atoms with Crippen LogP contribution in [0.25, 0.3) is 0 Å². The molecule has 1 saturated carbocycles.